The third-order valence-corrected chi connectivity index (χ3v) is 8.63. The summed E-state index contributed by atoms with van der Waals surface area (Å²) in [4.78, 5) is 27.4. The number of aromatic nitrogens is 4. The number of methoxy groups -OCH3 is 1. The monoisotopic (exact) mass is 610 g/mol. The summed E-state index contributed by atoms with van der Waals surface area (Å²) in [6, 6.07) is 15.8. The first kappa shape index (κ1) is 29.0. The number of carbonyl (C=O) groups excluding carboxylic acids is 1. The second-order valence-corrected chi connectivity index (χ2v) is 12.9. The van der Waals surface area contributed by atoms with E-state index in [0.29, 0.717) is 5.02 Å². The minimum absolute atomic E-state index is 0.459. The number of halogens is 1. The number of hydrogen-bond donors (Lipinski definition) is 0. The number of fused-ring (bicyclic) bond motifs is 2. The molecule has 1 atom stereocenters. The number of rotatable bonds is 6. The average molecular weight is 611 g/mol. The van der Waals surface area contributed by atoms with Crippen molar-refractivity contribution in [2.75, 3.05) is 7.11 Å². The van der Waals surface area contributed by atoms with Crippen molar-refractivity contribution in [1.29, 1.82) is 0 Å². The van der Waals surface area contributed by atoms with E-state index >= 15 is 0 Å². The van der Waals surface area contributed by atoms with Crippen LogP contribution < -0.4 is 0 Å². The Morgan fingerprint density at radius 1 is 1.05 bits per heavy atom. The zero-order valence-corrected chi connectivity index (χ0v) is 26.4. The number of aryl methyl sites for hydroxylation is 2. The molecule has 0 aliphatic rings. The molecule has 2 aromatic carbocycles. The van der Waals surface area contributed by atoms with Crippen LogP contribution in [0.25, 0.3) is 54.1 Å². The molecule has 6 rings (SSSR count). The Hall–Kier alpha value is -4.11. The molecule has 0 bridgehead atoms. The first-order valence-corrected chi connectivity index (χ1v) is 15.0. The van der Waals surface area contributed by atoms with Gasteiger partial charge in [-0.25, -0.2) is 14.8 Å². The summed E-state index contributed by atoms with van der Waals surface area (Å²) in [5.74, 6) is -0.459. The summed E-state index contributed by atoms with van der Waals surface area (Å²) in [5, 5.41) is 2.47. The van der Waals surface area contributed by atoms with Gasteiger partial charge in [-0.05, 0) is 69.2 Å². The van der Waals surface area contributed by atoms with Gasteiger partial charge in [-0.15, -0.1) is 11.3 Å². The van der Waals surface area contributed by atoms with Crippen molar-refractivity contribution >= 4 is 50.2 Å². The molecule has 0 aliphatic carbocycles. The standard InChI is InChI=1S/C34H31ClN4O3S/c1-19-14-26-30(28(20-9-11-23(35)12-10-20)27(19)29(33(40)41-6)42-34(2,3)4)43-32(38-26)22-15-24-25(21-8-7-13-36-16-21)18-39(5)31(24)37-17-22/h7-18,29H,1-6H3. The SMILES string of the molecule is COC(=O)C(OC(C)(C)C)c1c(C)cc2nc(-c3cnc4c(c3)c(-c3cccnc3)cn4C)sc2c1-c1ccc(Cl)cc1. The number of nitrogens with zero attached hydrogens (tertiary/aromatic N) is 4. The van der Waals surface area contributed by atoms with Crippen LogP contribution in [0.5, 0.6) is 0 Å². The van der Waals surface area contributed by atoms with Crippen molar-refractivity contribution in [2.24, 2.45) is 7.05 Å². The third kappa shape index (κ3) is 5.54. The lowest BCUT2D eigenvalue weighted by Gasteiger charge is -2.28. The van der Waals surface area contributed by atoms with E-state index in [1.165, 1.54) is 7.11 Å². The van der Waals surface area contributed by atoms with Gasteiger partial charge in [-0.1, -0.05) is 29.8 Å². The second-order valence-electron chi connectivity index (χ2n) is 11.5. The van der Waals surface area contributed by atoms with Gasteiger partial charge in [0.1, 0.15) is 10.7 Å². The molecule has 0 saturated heterocycles. The van der Waals surface area contributed by atoms with E-state index in [4.69, 9.17) is 31.0 Å². The van der Waals surface area contributed by atoms with Crippen molar-refractivity contribution in [3.05, 3.63) is 89.5 Å². The van der Waals surface area contributed by atoms with Crippen LogP contribution in [0.3, 0.4) is 0 Å². The Bertz CT molecular complexity index is 1980. The number of carbonyl (C=O) groups is 1. The molecule has 0 fully saturated rings. The summed E-state index contributed by atoms with van der Waals surface area (Å²) < 4.78 is 14.6. The third-order valence-electron chi connectivity index (χ3n) is 7.24. The summed E-state index contributed by atoms with van der Waals surface area (Å²) in [5.41, 5.74) is 7.50. The van der Waals surface area contributed by atoms with E-state index in [1.54, 1.807) is 17.5 Å². The van der Waals surface area contributed by atoms with Gasteiger partial charge in [0, 0.05) is 70.1 Å². The first-order chi connectivity index (χ1) is 20.5. The fourth-order valence-electron chi connectivity index (χ4n) is 5.39. The fraction of sp³-hybridized carbons (Fsp3) is 0.235. The lowest BCUT2D eigenvalue weighted by molar-refractivity contribution is -0.164. The second kappa shape index (κ2) is 11.2. The Morgan fingerprint density at radius 3 is 2.49 bits per heavy atom. The van der Waals surface area contributed by atoms with Gasteiger partial charge < -0.3 is 14.0 Å². The highest BCUT2D eigenvalue weighted by Crippen LogP contribution is 2.45. The molecule has 43 heavy (non-hydrogen) atoms. The van der Waals surface area contributed by atoms with Gasteiger partial charge in [0.2, 0.25) is 0 Å². The van der Waals surface area contributed by atoms with E-state index in [1.807, 2.05) is 94.2 Å². The summed E-state index contributed by atoms with van der Waals surface area (Å²) in [6.45, 7) is 7.76. The van der Waals surface area contributed by atoms with E-state index < -0.39 is 17.7 Å². The van der Waals surface area contributed by atoms with Crippen LogP contribution in [0.2, 0.25) is 5.02 Å². The molecule has 1 unspecified atom stereocenters. The molecular formula is C34H31ClN4O3S. The lowest BCUT2D eigenvalue weighted by atomic mass is 9.91. The Kier molecular flexibility index (Phi) is 7.54. The van der Waals surface area contributed by atoms with Crippen molar-refractivity contribution in [3.63, 3.8) is 0 Å². The maximum absolute atomic E-state index is 13.2. The quantitative estimate of drug-likeness (QED) is 0.176. The minimum atomic E-state index is -0.935. The number of benzene rings is 2. The molecule has 4 heterocycles. The van der Waals surface area contributed by atoms with Crippen LogP contribution in [0.15, 0.2) is 73.3 Å². The number of hydrogen-bond acceptors (Lipinski definition) is 7. The highest BCUT2D eigenvalue weighted by molar-refractivity contribution is 7.22. The minimum Gasteiger partial charge on any atom is -0.467 e. The van der Waals surface area contributed by atoms with Crippen LogP contribution in [0.1, 0.15) is 38.0 Å². The van der Waals surface area contributed by atoms with E-state index in [9.17, 15) is 4.79 Å². The predicted octanol–water partition coefficient (Wildman–Crippen LogP) is 8.57. The molecule has 218 valence electrons. The average Bonchev–Trinajstić information content (AvgIpc) is 3.56. The van der Waals surface area contributed by atoms with Gasteiger partial charge in [-0.3, -0.25) is 4.98 Å². The molecule has 0 amide bonds. The molecule has 0 aliphatic heterocycles. The van der Waals surface area contributed by atoms with Crippen molar-refractivity contribution in [2.45, 2.75) is 39.4 Å². The molecule has 0 N–H and O–H groups in total. The maximum atomic E-state index is 13.2. The van der Waals surface area contributed by atoms with Gasteiger partial charge in [0.25, 0.3) is 0 Å². The van der Waals surface area contributed by atoms with Crippen molar-refractivity contribution in [1.82, 2.24) is 19.5 Å². The van der Waals surface area contributed by atoms with E-state index in [2.05, 4.69) is 17.2 Å². The van der Waals surface area contributed by atoms with Gasteiger partial charge in [0.15, 0.2) is 6.10 Å². The molecule has 0 spiro atoms. The summed E-state index contributed by atoms with van der Waals surface area (Å²) in [6.07, 6.45) is 6.63. The molecule has 9 heteroatoms. The molecule has 4 aromatic heterocycles. The largest absolute Gasteiger partial charge is 0.467 e. The Morgan fingerprint density at radius 2 is 1.81 bits per heavy atom. The predicted molar refractivity (Wildman–Crippen MR) is 173 cm³/mol. The highest BCUT2D eigenvalue weighted by atomic mass is 35.5. The van der Waals surface area contributed by atoms with Gasteiger partial charge in [0.05, 0.1) is 22.9 Å². The van der Waals surface area contributed by atoms with Crippen LogP contribution in [-0.4, -0.2) is 38.2 Å². The molecular weight excluding hydrogens is 580 g/mol. The summed E-state index contributed by atoms with van der Waals surface area (Å²) >= 11 is 7.84. The zero-order chi connectivity index (χ0) is 30.5. The maximum Gasteiger partial charge on any atom is 0.339 e. The molecule has 0 saturated carbocycles. The zero-order valence-electron chi connectivity index (χ0n) is 24.8. The van der Waals surface area contributed by atoms with E-state index in [-0.39, 0.29) is 0 Å². The Balaban J connectivity index is 1.59. The number of pyridine rings is 2. The number of thiazole rings is 1. The molecule has 0 radical (unpaired) electrons. The van der Waals surface area contributed by atoms with Gasteiger partial charge >= 0.3 is 5.97 Å². The fourth-order valence-corrected chi connectivity index (χ4v) is 6.62. The number of ether oxygens (including phenoxy) is 2. The highest BCUT2D eigenvalue weighted by Gasteiger charge is 2.33. The van der Waals surface area contributed by atoms with Crippen LogP contribution >= 0.6 is 22.9 Å². The molecule has 7 nitrogen and oxygen atoms in total. The topological polar surface area (TPSA) is 79.1 Å². The van der Waals surface area contributed by atoms with Gasteiger partial charge in [-0.2, -0.15) is 0 Å². The van der Waals surface area contributed by atoms with Crippen LogP contribution in [-0.2, 0) is 21.3 Å². The first-order valence-electron chi connectivity index (χ1n) is 13.9. The van der Waals surface area contributed by atoms with Crippen LogP contribution in [0, 0.1) is 6.92 Å². The molecule has 6 aromatic rings. The van der Waals surface area contributed by atoms with Crippen molar-refractivity contribution in [3.8, 4) is 32.8 Å². The Labute approximate surface area is 259 Å². The lowest BCUT2D eigenvalue weighted by Crippen LogP contribution is -2.29. The number of esters is 1. The summed E-state index contributed by atoms with van der Waals surface area (Å²) in [7, 11) is 3.38. The van der Waals surface area contributed by atoms with Crippen molar-refractivity contribution < 1.29 is 14.3 Å². The van der Waals surface area contributed by atoms with Crippen LogP contribution in [0.4, 0.5) is 0 Å². The van der Waals surface area contributed by atoms with E-state index in [0.717, 1.165) is 65.2 Å². The normalized spacial score (nSPS) is 12.6. The smallest absolute Gasteiger partial charge is 0.339 e.